The van der Waals surface area contributed by atoms with Crippen LogP contribution in [0.25, 0.3) is 0 Å². The number of nitrogens with two attached hydrogens (primary N) is 1. The quantitative estimate of drug-likeness (QED) is 0.670. The molecule has 88 valence electrons. The molecule has 1 aromatic carbocycles. The van der Waals surface area contributed by atoms with Crippen LogP contribution in [0, 0.1) is 0 Å². The summed E-state index contributed by atoms with van der Waals surface area (Å²) in [4.78, 5) is 11.2. The van der Waals surface area contributed by atoms with Gasteiger partial charge in [0.2, 0.25) is 0 Å². The van der Waals surface area contributed by atoms with Crippen LogP contribution in [0.3, 0.4) is 0 Å². The normalized spacial score (nSPS) is 10.5. The Kier molecular flexibility index (Phi) is 4.67. The van der Waals surface area contributed by atoms with Crippen molar-refractivity contribution in [3.05, 3.63) is 23.8 Å². The highest BCUT2D eigenvalue weighted by Crippen LogP contribution is 2.27. The van der Waals surface area contributed by atoms with Gasteiger partial charge in [0, 0.05) is 6.42 Å². The molecular formula is C10H10BrF2NO2. The second-order valence-electron chi connectivity index (χ2n) is 3.06. The average molecular weight is 294 g/mol. The van der Waals surface area contributed by atoms with Gasteiger partial charge in [-0.3, -0.25) is 4.79 Å². The Bertz CT molecular complexity index is 385. The predicted octanol–water partition coefficient (Wildman–Crippen LogP) is 2.38. The lowest BCUT2D eigenvalue weighted by Gasteiger charge is -2.10. The average Bonchev–Trinajstić information content (AvgIpc) is 2.23. The lowest BCUT2D eigenvalue weighted by Crippen LogP contribution is -2.09. The van der Waals surface area contributed by atoms with Crippen LogP contribution in [0.5, 0.6) is 5.75 Å². The first-order valence-corrected chi connectivity index (χ1v) is 5.56. The Labute approximate surface area is 99.7 Å². The van der Waals surface area contributed by atoms with Gasteiger partial charge in [-0.05, 0) is 11.6 Å². The van der Waals surface area contributed by atoms with Gasteiger partial charge < -0.3 is 10.5 Å². The molecule has 16 heavy (non-hydrogen) atoms. The summed E-state index contributed by atoms with van der Waals surface area (Å²) in [5, 5.41) is 0.201. The first-order valence-electron chi connectivity index (χ1n) is 4.44. The van der Waals surface area contributed by atoms with E-state index in [4.69, 9.17) is 5.73 Å². The molecule has 0 aliphatic heterocycles. The fourth-order valence-electron chi connectivity index (χ4n) is 1.20. The number of anilines is 1. The van der Waals surface area contributed by atoms with E-state index in [0.717, 1.165) is 0 Å². The highest BCUT2D eigenvalue weighted by atomic mass is 79.9. The predicted molar refractivity (Wildman–Crippen MR) is 60.0 cm³/mol. The molecule has 0 aliphatic rings. The number of halogens is 3. The highest BCUT2D eigenvalue weighted by Gasteiger charge is 2.12. The van der Waals surface area contributed by atoms with Crippen LogP contribution < -0.4 is 10.5 Å². The first-order chi connectivity index (χ1) is 7.54. The molecule has 0 unspecified atom stereocenters. The number of ketones is 1. The minimum Gasteiger partial charge on any atom is -0.433 e. The van der Waals surface area contributed by atoms with E-state index in [0.29, 0.717) is 5.56 Å². The summed E-state index contributed by atoms with van der Waals surface area (Å²) in [6, 6.07) is 4.46. The van der Waals surface area contributed by atoms with E-state index in [1.807, 2.05) is 0 Å². The molecule has 0 aromatic heterocycles. The molecular weight excluding hydrogens is 284 g/mol. The van der Waals surface area contributed by atoms with E-state index in [2.05, 4.69) is 20.7 Å². The molecule has 0 radical (unpaired) electrons. The summed E-state index contributed by atoms with van der Waals surface area (Å²) >= 11 is 3.01. The lowest BCUT2D eigenvalue weighted by molar-refractivity contribution is -0.115. The number of rotatable bonds is 5. The van der Waals surface area contributed by atoms with Crippen molar-refractivity contribution >= 4 is 27.4 Å². The summed E-state index contributed by atoms with van der Waals surface area (Å²) in [7, 11) is 0. The van der Waals surface area contributed by atoms with Gasteiger partial charge in [0.05, 0.1) is 11.0 Å². The third-order valence-electron chi connectivity index (χ3n) is 1.91. The summed E-state index contributed by atoms with van der Waals surface area (Å²) < 4.78 is 28.2. The molecule has 0 saturated heterocycles. The lowest BCUT2D eigenvalue weighted by atomic mass is 10.1. The third-order valence-corrected chi connectivity index (χ3v) is 2.53. The van der Waals surface area contributed by atoms with E-state index in [1.54, 1.807) is 6.07 Å². The van der Waals surface area contributed by atoms with Crippen LogP contribution >= 0.6 is 15.9 Å². The smallest absolute Gasteiger partial charge is 0.387 e. The zero-order valence-corrected chi connectivity index (χ0v) is 9.84. The number of Topliss-reactive ketones (excluding diaryl/α,β-unsaturated/α-hetero) is 1. The van der Waals surface area contributed by atoms with Crippen molar-refractivity contribution in [2.75, 3.05) is 11.1 Å². The molecule has 1 aromatic rings. The number of para-hydroxylation sites is 1. The molecule has 0 heterocycles. The minimum absolute atomic E-state index is 0.0806. The molecule has 0 saturated carbocycles. The SMILES string of the molecule is Nc1c(CC(=O)CBr)cccc1OC(F)F. The van der Waals surface area contributed by atoms with Gasteiger partial charge in [-0.15, -0.1) is 0 Å². The maximum absolute atomic E-state index is 12.0. The molecule has 0 spiro atoms. The van der Waals surface area contributed by atoms with E-state index in [9.17, 15) is 13.6 Å². The van der Waals surface area contributed by atoms with Crippen molar-refractivity contribution in [1.82, 2.24) is 0 Å². The van der Waals surface area contributed by atoms with Gasteiger partial charge in [0.25, 0.3) is 0 Å². The van der Waals surface area contributed by atoms with Crippen molar-refractivity contribution < 1.29 is 18.3 Å². The molecule has 0 aliphatic carbocycles. The van der Waals surface area contributed by atoms with Crippen molar-refractivity contribution in [1.29, 1.82) is 0 Å². The molecule has 0 atom stereocenters. The fraction of sp³-hybridized carbons (Fsp3) is 0.300. The molecule has 2 N–H and O–H groups in total. The number of hydrogen-bond acceptors (Lipinski definition) is 3. The monoisotopic (exact) mass is 293 g/mol. The van der Waals surface area contributed by atoms with Gasteiger partial charge in [-0.1, -0.05) is 28.1 Å². The van der Waals surface area contributed by atoms with E-state index in [1.165, 1.54) is 12.1 Å². The summed E-state index contributed by atoms with van der Waals surface area (Å²) in [6.45, 7) is -2.93. The van der Waals surface area contributed by atoms with E-state index < -0.39 is 6.61 Å². The zero-order chi connectivity index (χ0) is 12.1. The molecule has 0 amide bonds. The van der Waals surface area contributed by atoms with Crippen LogP contribution in [0.1, 0.15) is 5.56 Å². The van der Waals surface area contributed by atoms with Crippen LogP contribution in [-0.4, -0.2) is 17.7 Å². The van der Waals surface area contributed by atoms with Crippen molar-refractivity contribution in [3.63, 3.8) is 0 Å². The second-order valence-corrected chi connectivity index (χ2v) is 3.62. The Morgan fingerprint density at radius 3 is 2.75 bits per heavy atom. The van der Waals surface area contributed by atoms with Crippen molar-refractivity contribution in [3.8, 4) is 5.75 Å². The first kappa shape index (κ1) is 12.9. The molecule has 0 fully saturated rings. The number of ether oxygens (including phenoxy) is 1. The molecule has 3 nitrogen and oxygen atoms in total. The van der Waals surface area contributed by atoms with Gasteiger partial charge in [0.1, 0.15) is 11.5 Å². The maximum Gasteiger partial charge on any atom is 0.387 e. The fourth-order valence-corrected chi connectivity index (χ4v) is 1.40. The topological polar surface area (TPSA) is 52.3 Å². The number of benzene rings is 1. The number of alkyl halides is 3. The number of hydrogen-bond donors (Lipinski definition) is 1. The Morgan fingerprint density at radius 2 is 2.19 bits per heavy atom. The van der Waals surface area contributed by atoms with Crippen molar-refractivity contribution in [2.24, 2.45) is 0 Å². The summed E-state index contributed by atoms with van der Waals surface area (Å²) in [5.74, 6) is -0.184. The van der Waals surface area contributed by atoms with Crippen molar-refractivity contribution in [2.45, 2.75) is 13.0 Å². The molecule has 0 bridgehead atoms. The van der Waals surface area contributed by atoms with Gasteiger partial charge in [-0.2, -0.15) is 8.78 Å². The largest absolute Gasteiger partial charge is 0.433 e. The molecule has 6 heteroatoms. The van der Waals surface area contributed by atoms with Crippen LogP contribution in [-0.2, 0) is 11.2 Å². The van der Waals surface area contributed by atoms with Gasteiger partial charge in [-0.25, -0.2) is 0 Å². The van der Waals surface area contributed by atoms with Crippen LogP contribution in [0.2, 0.25) is 0 Å². The van der Waals surface area contributed by atoms with Gasteiger partial charge in [0.15, 0.2) is 0 Å². The summed E-state index contributed by atoms with van der Waals surface area (Å²) in [5.41, 5.74) is 6.18. The number of carbonyl (C=O) groups excluding carboxylic acids is 1. The maximum atomic E-state index is 12.0. The number of nitrogen functional groups attached to an aromatic ring is 1. The Morgan fingerprint density at radius 1 is 1.50 bits per heavy atom. The molecule has 1 rings (SSSR count). The summed E-state index contributed by atoms with van der Waals surface area (Å²) in [6.07, 6.45) is 0.0948. The zero-order valence-electron chi connectivity index (χ0n) is 8.25. The van der Waals surface area contributed by atoms with E-state index in [-0.39, 0.29) is 29.0 Å². The number of carbonyl (C=O) groups is 1. The van der Waals surface area contributed by atoms with Crippen LogP contribution in [0.15, 0.2) is 18.2 Å². The van der Waals surface area contributed by atoms with Gasteiger partial charge >= 0.3 is 6.61 Å². The third kappa shape index (κ3) is 3.44. The van der Waals surface area contributed by atoms with Crippen LogP contribution in [0.4, 0.5) is 14.5 Å². The van der Waals surface area contributed by atoms with E-state index >= 15 is 0 Å². The standard InChI is InChI=1S/C10H10BrF2NO2/c11-5-7(15)4-6-2-1-3-8(9(6)14)16-10(12)13/h1-3,10H,4-5,14H2. The second kappa shape index (κ2) is 5.79. The minimum atomic E-state index is -2.93. The highest BCUT2D eigenvalue weighted by molar-refractivity contribution is 9.09. The Hall–Kier alpha value is -1.17. The Balaban J connectivity index is 2.90.